The van der Waals surface area contributed by atoms with Crippen LogP contribution in [0.1, 0.15) is 0 Å². The molecule has 0 aromatic heterocycles. The highest BCUT2D eigenvalue weighted by atomic mass is 35.5. The van der Waals surface area contributed by atoms with Crippen molar-refractivity contribution >= 4 is 28.9 Å². The van der Waals surface area contributed by atoms with E-state index in [1.807, 2.05) is 0 Å². The Morgan fingerprint density at radius 1 is 0.842 bits per heavy atom. The third-order valence-electron chi connectivity index (χ3n) is 2.50. The summed E-state index contributed by atoms with van der Waals surface area (Å²) in [5.74, 6) is -6.55. The maximum absolute atomic E-state index is 13.7. The van der Waals surface area contributed by atoms with Crippen LogP contribution in [0, 0.1) is 23.3 Å². The van der Waals surface area contributed by atoms with E-state index in [0.717, 1.165) is 6.07 Å². The predicted molar refractivity (Wildman–Crippen MR) is 66.1 cm³/mol. The van der Waals surface area contributed by atoms with Crippen LogP contribution in [0.5, 0.6) is 0 Å². The summed E-state index contributed by atoms with van der Waals surface area (Å²) in [6, 6.07) is 3.64. The first-order valence-corrected chi connectivity index (χ1v) is 5.67. The Labute approximate surface area is 115 Å². The van der Waals surface area contributed by atoms with Gasteiger partial charge in [-0.25, -0.2) is 17.6 Å². The van der Waals surface area contributed by atoms with Crippen molar-refractivity contribution in [3.8, 4) is 11.1 Å². The van der Waals surface area contributed by atoms with Crippen LogP contribution < -0.4 is 5.73 Å². The lowest BCUT2D eigenvalue weighted by atomic mass is 10.0. The Morgan fingerprint density at radius 3 is 1.84 bits per heavy atom. The van der Waals surface area contributed by atoms with Gasteiger partial charge in [0, 0.05) is 10.6 Å². The van der Waals surface area contributed by atoms with Crippen molar-refractivity contribution in [3.05, 3.63) is 51.5 Å². The second-order valence-corrected chi connectivity index (χ2v) is 4.51. The van der Waals surface area contributed by atoms with E-state index < -0.39 is 34.5 Å². The van der Waals surface area contributed by atoms with E-state index in [1.54, 1.807) is 0 Å². The van der Waals surface area contributed by atoms with E-state index in [4.69, 9.17) is 28.9 Å². The zero-order chi connectivity index (χ0) is 14.3. The van der Waals surface area contributed by atoms with Gasteiger partial charge in [0.05, 0.1) is 10.6 Å². The molecule has 0 spiro atoms. The maximum atomic E-state index is 13.7. The van der Waals surface area contributed by atoms with E-state index in [1.165, 1.54) is 12.1 Å². The molecule has 2 rings (SSSR count). The SMILES string of the molecule is Nc1c(F)c(F)c(-c2ccc(Cl)cc2Cl)c(F)c1F. The summed E-state index contributed by atoms with van der Waals surface area (Å²) in [5.41, 5.74) is 2.54. The molecule has 1 nitrogen and oxygen atoms in total. The fraction of sp³-hybridized carbons (Fsp3) is 0. The maximum Gasteiger partial charge on any atom is 0.185 e. The van der Waals surface area contributed by atoms with Crippen molar-refractivity contribution < 1.29 is 17.6 Å². The van der Waals surface area contributed by atoms with Crippen molar-refractivity contribution in [3.63, 3.8) is 0 Å². The van der Waals surface area contributed by atoms with E-state index in [0.29, 0.717) is 0 Å². The molecule has 0 aliphatic heterocycles. The Balaban J connectivity index is 2.83. The summed E-state index contributed by atoms with van der Waals surface area (Å²) in [6.07, 6.45) is 0. The third-order valence-corrected chi connectivity index (χ3v) is 3.05. The fourth-order valence-electron chi connectivity index (χ4n) is 1.58. The smallest absolute Gasteiger partial charge is 0.185 e. The number of rotatable bonds is 1. The van der Waals surface area contributed by atoms with E-state index >= 15 is 0 Å². The molecule has 0 fully saturated rings. The van der Waals surface area contributed by atoms with E-state index in [-0.39, 0.29) is 15.6 Å². The quantitative estimate of drug-likeness (QED) is 0.457. The second kappa shape index (κ2) is 4.90. The van der Waals surface area contributed by atoms with Gasteiger partial charge >= 0.3 is 0 Å². The van der Waals surface area contributed by atoms with Gasteiger partial charge in [-0.1, -0.05) is 29.3 Å². The number of nitrogens with two attached hydrogens (primary N) is 1. The normalized spacial score (nSPS) is 10.8. The zero-order valence-corrected chi connectivity index (χ0v) is 10.6. The van der Waals surface area contributed by atoms with Crippen LogP contribution in [0.25, 0.3) is 11.1 Å². The lowest BCUT2D eigenvalue weighted by Crippen LogP contribution is -2.05. The number of hydrogen-bond acceptors (Lipinski definition) is 1. The molecular formula is C12H5Cl2F4N. The largest absolute Gasteiger partial charge is 0.394 e. The van der Waals surface area contributed by atoms with Crippen molar-refractivity contribution in [2.45, 2.75) is 0 Å². The first-order chi connectivity index (χ1) is 8.84. The molecule has 0 aliphatic rings. The number of halogens is 6. The van der Waals surface area contributed by atoms with Gasteiger partial charge in [0.15, 0.2) is 23.3 Å². The molecule has 2 aromatic rings. The molecule has 2 N–H and O–H groups in total. The topological polar surface area (TPSA) is 26.0 Å². The minimum atomic E-state index is -1.67. The average molecular weight is 310 g/mol. The fourth-order valence-corrected chi connectivity index (χ4v) is 2.08. The Kier molecular flexibility index (Phi) is 3.60. The lowest BCUT2D eigenvalue weighted by molar-refractivity contribution is 0.464. The van der Waals surface area contributed by atoms with Crippen LogP contribution >= 0.6 is 23.2 Å². The number of anilines is 1. The molecule has 19 heavy (non-hydrogen) atoms. The number of benzene rings is 2. The molecule has 0 saturated heterocycles. The van der Waals surface area contributed by atoms with Crippen LogP contribution in [0.4, 0.5) is 23.2 Å². The van der Waals surface area contributed by atoms with Crippen LogP contribution in [0.2, 0.25) is 10.0 Å². The van der Waals surface area contributed by atoms with Gasteiger partial charge in [-0.05, 0) is 12.1 Å². The van der Waals surface area contributed by atoms with Crippen molar-refractivity contribution in [2.24, 2.45) is 0 Å². The first-order valence-electron chi connectivity index (χ1n) is 4.91. The summed E-state index contributed by atoms with van der Waals surface area (Å²) >= 11 is 11.4. The molecule has 0 bridgehead atoms. The van der Waals surface area contributed by atoms with Crippen molar-refractivity contribution in [1.29, 1.82) is 0 Å². The molecule has 0 aliphatic carbocycles. The van der Waals surface area contributed by atoms with Crippen LogP contribution in [-0.4, -0.2) is 0 Å². The highest BCUT2D eigenvalue weighted by Crippen LogP contribution is 2.37. The highest BCUT2D eigenvalue weighted by molar-refractivity contribution is 6.36. The van der Waals surface area contributed by atoms with Crippen LogP contribution in [0.15, 0.2) is 18.2 Å². The molecule has 0 radical (unpaired) electrons. The summed E-state index contributed by atoms with van der Waals surface area (Å²) in [6.45, 7) is 0. The van der Waals surface area contributed by atoms with E-state index in [9.17, 15) is 17.6 Å². The third kappa shape index (κ3) is 2.24. The minimum absolute atomic E-state index is 0.145. The summed E-state index contributed by atoms with van der Waals surface area (Å²) < 4.78 is 54.1. The van der Waals surface area contributed by atoms with Gasteiger partial charge in [0.2, 0.25) is 0 Å². The lowest BCUT2D eigenvalue weighted by Gasteiger charge is -2.11. The first kappa shape index (κ1) is 14.0. The van der Waals surface area contributed by atoms with Gasteiger partial charge in [-0.3, -0.25) is 0 Å². The van der Waals surface area contributed by atoms with Crippen LogP contribution in [0.3, 0.4) is 0 Å². The Morgan fingerprint density at radius 2 is 1.37 bits per heavy atom. The van der Waals surface area contributed by atoms with Gasteiger partial charge in [-0.15, -0.1) is 0 Å². The van der Waals surface area contributed by atoms with Gasteiger partial charge in [-0.2, -0.15) is 0 Å². The molecule has 0 atom stereocenters. The molecule has 0 heterocycles. The molecule has 0 saturated carbocycles. The molecule has 0 unspecified atom stereocenters. The highest BCUT2D eigenvalue weighted by Gasteiger charge is 2.25. The summed E-state index contributed by atoms with van der Waals surface area (Å²) in [7, 11) is 0. The molecule has 0 amide bonds. The summed E-state index contributed by atoms with van der Waals surface area (Å²) in [4.78, 5) is 0. The number of hydrogen-bond donors (Lipinski definition) is 1. The molecule has 7 heteroatoms. The summed E-state index contributed by atoms with van der Waals surface area (Å²) in [5, 5.41) is 0.0693. The molecule has 2 aromatic carbocycles. The van der Waals surface area contributed by atoms with Gasteiger partial charge in [0.25, 0.3) is 0 Å². The van der Waals surface area contributed by atoms with Crippen molar-refractivity contribution in [1.82, 2.24) is 0 Å². The number of nitrogen functional groups attached to an aromatic ring is 1. The second-order valence-electron chi connectivity index (χ2n) is 3.67. The van der Waals surface area contributed by atoms with Gasteiger partial charge in [0.1, 0.15) is 5.69 Å². The van der Waals surface area contributed by atoms with Crippen molar-refractivity contribution in [2.75, 3.05) is 5.73 Å². The van der Waals surface area contributed by atoms with Gasteiger partial charge < -0.3 is 5.73 Å². The standard InChI is InChI=1S/C12H5Cl2F4N/c13-4-1-2-5(6(14)3-4)7-8(15)10(17)12(19)11(18)9(7)16/h1-3H,19H2. The Hall–Kier alpha value is -1.46. The molecular weight excluding hydrogens is 305 g/mol. The minimum Gasteiger partial charge on any atom is -0.394 e. The Bertz CT molecular complexity index is 644. The monoisotopic (exact) mass is 309 g/mol. The average Bonchev–Trinajstić information content (AvgIpc) is 2.37. The zero-order valence-electron chi connectivity index (χ0n) is 9.08. The predicted octanol–water partition coefficient (Wildman–Crippen LogP) is 4.80. The van der Waals surface area contributed by atoms with Crippen LogP contribution in [-0.2, 0) is 0 Å². The van der Waals surface area contributed by atoms with E-state index in [2.05, 4.69) is 0 Å². The molecule has 100 valence electrons.